The first-order chi connectivity index (χ1) is 7.34. The normalized spacial score (nSPS) is 20.2. The van der Waals surface area contributed by atoms with Gasteiger partial charge in [-0.3, -0.25) is 0 Å². The van der Waals surface area contributed by atoms with Crippen molar-refractivity contribution in [1.82, 2.24) is 14.8 Å². The summed E-state index contributed by atoms with van der Waals surface area (Å²) in [6.45, 7) is 0.866. The third-order valence-corrected chi connectivity index (χ3v) is 3.45. The predicted molar refractivity (Wildman–Crippen MR) is 57.5 cm³/mol. The fourth-order valence-corrected chi connectivity index (χ4v) is 2.49. The van der Waals surface area contributed by atoms with E-state index in [9.17, 15) is 5.11 Å². The molecule has 2 aromatic heterocycles. The molecule has 1 aliphatic rings. The van der Waals surface area contributed by atoms with E-state index >= 15 is 0 Å². The van der Waals surface area contributed by atoms with Crippen LogP contribution in [0.5, 0.6) is 0 Å². The second-order valence-electron chi connectivity index (χ2n) is 3.65. The maximum absolute atomic E-state index is 9.75. The molecule has 0 spiro atoms. The van der Waals surface area contributed by atoms with Crippen LogP contribution in [0.25, 0.3) is 10.7 Å². The second kappa shape index (κ2) is 3.43. The molecule has 0 aliphatic carbocycles. The summed E-state index contributed by atoms with van der Waals surface area (Å²) >= 11 is 1.62. The quantitative estimate of drug-likeness (QED) is 0.799. The van der Waals surface area contributed by atoms with Gasteiger partial charge in [-0.2, -0.15) is 0 Å². The van der Waals surface area contributed by atoms with Crippen LogP contribution in [-0.4, -0.2) is 19.9 Å². The average molecular weight is 221 g/mol. The molecule has 1 N–H and O–H groups in total. The number of thiophene rings is 1. The molecule has 1 aliphatic heterocycles. The highest BCUT2D eigenvalue weighted by molar-refractivity contribution is 7.13. The summed E-state index contributed by atoms with van der Waals surface area (Å²) in [5.74, 6) is 1.45. The molecular formula is C10H11N3OS. The van der Waals surface area contributed by atoms with Crippen LogP contribution >= 0.6 is 11.3 Å². The SMILES string of the molecule is OC1CCCn2nc(-c3cccs3)nc21. The summed E-state index contributed by atoms with van der Waals surface area (Å²) in [6.07, 6.45) is 1.32. The maximum Gasteiger partial charge on any atom is 0.191 e. The lowest BCUT2D eigenvalue weighted by atomic mass is 10.1. The van der Waals surface area contributed by atoms with Crippen LogP contribution in [-0.2, 0) is 6.54 Å². The van der Waals surface area contributed by atoms with Gasteiger partial charge in [0.15, 0.2) is 11.6 Å². The minimum absolute atomic E-state index is 0.444. The molecule has 5 heteroatoms. The van der Waals surface area contributed by atoms with Crippen molar-refractivity contribution >= 4 is 11.3 Å². The molecule has 0 amide bonds. The molecule has 0 fully saturated rings. The number of rotatable bonds is 1. The molecule has 0 bridgehead atoms. The molecule has 0 radical (unpaired) electrons. The molecule has 1 atom stereocenters. The van der Waals surface area contributed by atoms with Gasteiger partial charge in [-0.15, -0.1) is 16.4 Å². The Morgan fingerprint density at radius 3 is 3.20 bits per heavy atom. The van der Waals surface area contributed by atoms with Crippen molar-refractivity contribution in [3.05, 3.63) is 23.3 Å². The Balaban J connectivity index is 2.06. The van der Waals surface area contributed by atoms with E-state index in [1.54, 1.807) is 11.3 Å². The van der Waals surface area contributed by atoms with E-state index in [4.69, 9.17) is 0 Å². The van der Waals surface area contributed by atoms with Gasteiger partial charge in [-0.25, -0.2) is 9.67 Å². The Kier molecular flexibility index (Phi) is 2.07. The lowest BCUT2D eigenvalue weighted by molar-refractivity contribution is 0.130. The van der Waals surface area contributed by atoms with Crippen LogP contribution in [0.2, 0.25) is 0 Å². The number of nitrogens with zero attached hydrogens (tertiary/aromatic N) is 3. The Bertz CT molecular complexity index is 463. The van der Waals surface area contributed by atoms with Crippen molar-refractivity contribution in [2.75, 3.05) is 0 Å². The summed E-state index contributed by atoms with van der Waals surface area (Å²) in [5, 5.41) is 16.2. The van der Waals surface area contributed by atoms with Gasteiger partial charge in [0, 0.05) is 6.54 Å². The third-order valence-electron chi connectivity index (χ3n) is 2.59. The van der Waals surface area contributed by atoms with Gasteiger partial charge in [0.25, 0.3) is 0 Å². The van der Waals surface area contributed by atoms with E-state index in [0.717, 1.165) is 30.1 Å². The van der Waals surface area contributed by atoms with Gasteiger partial charge in [-0.1, -0.05) is 6.07 Å². The highest BCUT2D eigenvalue weighted by atomic mass is 32.1. The number of aromatic nitrogens is 3. The second-order valence-corrected chi connectivity index (χ2v) is 4.60. The van der Waals surface area contributed by atoms with Crippen molar-refractivity contribution in [1.29, 1.82) is 0 Å². The highest BCUT2D eigenvalue weighted by Gasteiger charge is 2.22. The Hall–Kier alpha value is -1.20. The summed E-state index contributed by atoms with van der Waals surface area (Å²) in [6, 6.07) is 3.98. The summed E-state index contributed by atoms with van der Waals surface area (Å²) in [7, 11) is 0. The molecule has 3 heterocycles. The minimum atomic E-state index is -0.444. The van der Waals surface area contributed by atoms with Gasteiger partial charge < -0.3 is 5.11 Å². The van der Waals surface area contributed by atoms with E-state index in [-0.39, 0.29) is 0 Å². The zero-order valence-electron chi connectivity index (χ0n) is 8.13. The lowest BCUT2D eigenvalue weighted by Crippen LogP contribution is -2.16. The minimum Gasteiger partial charge on any atom is -0.385 e. The van der Waals surface area contributed by atoms with E-state index in [1.807, 2.05) is 22.2 Å². The molecule has 78 valence electrons. The monoisotopic (exact) mass is 221 g/mol. The number of aliphatic hydroxyl groups excluding tert-OH is 1. The molecule has 0 saturated heterocycles. The number of fused-ring (bicyclic) bond motifs is 1. The van der Waals surface area contributed by atoms with E-state index < -0.39 is 6.10 Å². The van der Waals surface area contributed by atoms with Gasteiger partial charge in [-0.05, 0) is 24.3 Å². The third kappa shape index (κ3) is 1.48. The Morgan fingerprint density at radius 2 is 2.47 bits per heavy atom. The van der Waals surface area contributed by atoms with Crippen molar-refractivity contribution < 1.29 is 5.11 Å². The predicted octanol–water partition coefficient (Wildman–Crippen LogP) is 1.83. The number of aliphatic hydroxyl groups is 1. The maximum atomic E-state index is 9.75. The van der Waals surface area contributed by atoms with Crippen LogP contribution in [0.15, 0.2) is 17.5 Å². The summed E-state index contributed by atoms with van der Waals surface area (Å²) in [4.78, 5) is 5.45. The Morgan fingerprint density at radius 1 is 1.53 bits per heavy atom. The first-order valence-corrected chi connectivity index (χ1v) is 5.89. The van der Waals surface area contributed by atoms with Crippen molar-refractivity contribution in [2.45, 2.75) is 25.5 Å². The Labute approximate surface area is 91.2 Å². The highest BCUT2D eigenvalue weighted by Crippen LogP contribution is 2.27. The lowest BCUT2D eigenvalue weighted by Gasteiger charge is -2.16. The van der Waals surface area contributed by atoms with Crippen LogP contribution in [0, 0.1) is 0 Å². The summed E-state index contributed by atoms with van der Waals surface area (Å²) < 4.78 is 1.82. The van der Waals surface area contributed by atoms with Gasteiger partial charge in [0.1, 0.15) is 6.10 Å². The fraction of sp³-hybridized carbons (Fsp3) is 0.400. The topological polar surface area (TPSA) is 50.9 Å². The molecule has 0 aromatic carbocycles. The van der Waals surface area contributed by atoms with E-state index in [0.29, 0.717) is 5.82 Å². The molecular weight excluding hydrogens is 210 g/mol. The molecule has 15 heavy (non-hydrogen) atoms. The molecule has 1 unspecified atom stereocenters. The molecule has 4 nitrogen and oxygen atoms in total. The first-order valence-electron chi connectivity index (χ1n) is 5.01. The van der Waals surface area contributed by atoms with E-state index in [2.05, 4.69) is 10.1 Å². The van der Waals surface area contributed by atoms with Crippen molar-refractivity contribution in [2.24, 2.45) is 0 Å². The number of hydrogen-bond acceptors (Lipinski definition) is 4. The van der Waals surface area contributed by atoms with Crippen LogP contribution < -0.4 is 0 Å². The van der Waals surface area contributed by atoms with Gasteiger partial charge >= 0.3 is 0 Å². The van der Waals surface area contributed by atoms with Crippen LogP contribution in [0.1, 0.15) is 24.8 Å². The molecule has 2 aromatic rings. The number of aryl methyl sites for hydroxylation is 1. The molecule has 3 rings (SSSR count). The summed E-state index contributed by atoms with van der Waals surface area (Å²) in [5.41, 5.74) is 0. The van der Waals surface area contributed by atoms with Crippen LogP contribution in [0.3, 0.4) is 0 Å². The standard InChI is InChI=1S/C10H11N3OS/c14-7-3-1-5-13-10(7)11-9(12-13)8-4-2-6-15-8/h2,4,6-7,14H,1,3,5H2. The van der Waals surface area contributed by atoms with Crippen molar-refractivity contribution in [3.8, 4) is 10.7 Å². The van der Waals surface area contributed by atoms with Gasteiger partial charge in [0.2, 0.25) is 0 Å². The van der Waals surface area contributed by atoms with E-state index in [1.165, 1.54) is 0 Å². The molecule has 0 saturated carbocycles. The largest absolute Gasteiger partial charge is 0.385 e. The smallest absolute Gasteiger partial charge is 0.191 e. The fourth-order valence-electron chi connectivity index (χ4n) is 1.84. The average Bonchev–Trinajstić information content (AvgIpc) is 2.86. The van der Waals surface area contributed by atoms with Gasteiger partial charge in [0.05, 0.1) is 4.88 Å². The first kappa shape index (κ1) is 9.06. The zero-order valence-corrected chi connectivity index (χ0v) is 8.94. The number of hydrogen-bond donors (Lipinski definition) is 1. The van der Waals surface area contributed by atoms with Crippen molar-refractivity contribution in [3.63, 3.8) is 0 Å². The van der Waals surface area contributed by atoms with Crippen LogP contribution in [0.4, 0.5) is 0 Å². The zero-order chi connectivity index (χ0) is 10.3.